The smallest absolute Gasteiger partial charge is 0.229 e. The molecule has 1 aromatic carbocycles. The lowest BCUT2D eigenvalue weighted by Gasteiger charge is -2.24. The number of fused-ring (bicyclic) bond motifs is 3. The van der Waals surface area contributed by atoms with Gasteiger partial charge in [0.15, 0.2) is 5.82 Å². The van der Waals surface area contributed by atoms with Gasteiger partial charge in [-0.1, -0.05) is 0 Å². The molecule has 0 radical (unpaired) electrons. The van der Waals surface area contributed by atoms with Crippen molar-refractivity contribution in [1.82, 2.24) is 9.55 Å². The summed E-state index contributed by atoms with van der Waals surface area (Å²) >= 11 is 0. The monoisotopic (exact) mass is 325 g/mol. The van der Waals surface area contributed by atoms with Crippen LogP contribution in [0.25, 0.3) is 11.0 Å². The van der Waals surface area contributed by atoms with Crippen molar-refractivity contribution in [3.8, 4) is 0 Å². The highest BCUT2D eigenvalue weighted by Crippen LogP contribution is 2.21. The van der Waals surface area contributed by atoms with Crippen LogP contribution in [0.15, 0.2) is 18.2 Å². The largest absolute Gasteiger partial charge is 0.379 e. The van der Waals surface area contributed by atoms with Crippen LogP contribution in [0.2, 0.25) is 0 Å². The molecule has 2 aromatic rings. The van der Waals surface area contributed by atoms with E-state index >= 15 is 0 Å². The Balaban J connectivity index is 1.87. The van der Waals surface area contributed by atoms with E-state index in [9.17, 15) is 8.42 Å². The molecule has 1 aliphatic rings. The molecule has 1 unspecified atom stereocenters. The van der Waals surface area contributed by atoms with Gasteiger partial charge in [-0.15, -0.1) is 0 Å². The average molecular weight is 325 g/mol. The topological polar surface area (TPSA) is 77.7 Å². The molecule has 0 aliphatic carbocycles. The average Bonchev–Trinajstić information content (AvgIpc) is 2.79. The van der Waals surface area contributed by atoms with E-state index in [-0.39, 0.29) is 0 Å². The molecule has 0 saturated heterocycles. The number of benzene rings is 1. The van der Waals surface area contributed by atoms with Gasteiger partial charge in [-0.25, -0.2) is 13.4 Å². The molecular weight excluding hydrogens is 304 g/mol. The lowest BCUT2D eigenvalue weighted by atomic mass is 10.3. The minimum absolute atomic E-state index is 0.550. The van der Waals surface area contributed by atoms with Crippen molar-refractivity contribution in [2.45, 2.75) is 13.1 Å². The first-order chi connectivity index (χ1) is 10.5. The van der Waals surface area contributed by atoms with E-state index in [0.29, 0.717) is 5.69 Å². The van der Waals surface area contributed by atoms with Crippen molar-refractivity contribution >= 4 is 26.7 Å². The fourth-order valence-electron chi connectivity index (χ4n) is 2.88. The Kier molecular flexibility index (Phi) is 4.07. The van der Waals surface area contributed by atoms with E-state index in [1.165, 1.54) is 4.90 Å². The number of ether oxygens (including phenoxy) is 1. The van der Waals surface area contributed by atoms with Gasteiger partial charge in [0, 0.05) is 7.11 Å². The Morgan fingerprint density at radius 3 is 3.00 bits per heavy atom. The Morgan fingerprint density at radius 1 is 1.45 bits per heavy atom. The van der Waals surface area contributed by atoms with Gasteiger partial charge in [-0.05, 0) is 18.2 Å². The molecule has 22 heavy (non-hydrogen) atoms. The van der Waals surface area contributed by atoms with Gasteiger partial charge in [0.2, 0.25) is 10.0 Å². The van der Waals surface area contributed by atoms with Crippen LogP contribution in [-0.4, -0.2) is 51.0 Å². The summed E-state index contributed by atoms with van der Waals surface area (Å²) in [6.45, 7) is 4.56. The van der Waals surface area contributed by atoms with Crippen LogP contribution < -0.4 is 9.62 Å². The predicted octanol–water partition coefficient (Wildman–Crippen LogP) is -0.547. The van der Waals surface area contributed by atoms with Crippen LogP contribution in [-0.2, 0) is 27.8 Å². The van der Waals surface area contributed by atoms with E-state index in [1.54, 1.807) is 19.2 Å². The molecule has 7 nitrogen and oxygen atoms in total. The third-order valence-electron chi connectivity index (χ3n) is 3.89. The number of aromatic nitrogens is 2. The maximum atomic E-state index is 11.3. The fraction of sp³-hybridized carbons (Fsp3) is 0.500. The van der Waals surface area contributed by atoms with Crippen LogP contribution in [0, 0.1) is 0 Å². The molecule has 1 aromatic heterocycles. The molecule has 120 valence electrons. The third kappa shape index (κ3) is 3.23. The van der Waals surface area contributed by atoms with Crippen LogP contribution in [0.5, 0.6) is 0 Å². The fourth-order valence-corrected chi connectivity index (χ4v) is 3.44. The Morgan fingerprint density at radius 2 is 2.27 bits per heavy atom. The van der Waals surface area contributed by atoms with Crippen molar-refractivity contribution in [2.75, 3.05) is 37.8 Å². The zero-order valence-electron chi connectivity index (χ0n) is 12.8. The quantitative estimate of drug-likeness (QED) is 0.773. The lowest BCUT2D eigenvalue weighted by Crippen LogP contribution is -3.12. The van der Waals surface area contributed by atoms with Crippen molar-refractivity contribution in [3.63, 3.8) is 0 Å². The van der Waals surface area contributed by atoms with Crippen LogP contribution >= 0.6 is 0 Å². The van der Waals surface area contributed by atoms with E-state index in [4.69, 9.17) is 4.74 Å². The second-order valence-corrected chi connectivity index (χ2v) is 7.43. The molecule has 0 bridgehead atoms. The first-order valence-corrected chi connectivity index (χ1v) is 9.15. The summed E-state index contributed by atoms with van der Waals surface area (Å²) in [5, 5.41) is 0. The summed E-state index contributed by atoms with van der Waals surface area (Å²) in [5.41, 5.74) is 2.44. The van der Waals surface area contributed by atoms with E-state index < -0.39 is 10.0 Å². The van der Waals surface area contributed by atoms with Crippen molar-refractivity contribution < 1.29 is 18.1 Å². The molecule has 0 spiro atoms. The van der Waals surface area contributed by atoms with E-state index in [0.717, 1.165) is 55.9 Å². The maximum Gasteiger partial charge on any atom is 0.229 e. The zero-order chi connectivity index (χ0) is 15.7. The maximum absolute atomic E-state index is 11.3. The summed E-state index contributed by atoms with van der Waals surface area (Å²) < 4.78 is 32.5. The number of imidazole rings is 1. The van der Waals surface area contributed by atoms with Crippen LogP contribution in [0.3, 0.4) is 0 Å². The first-order valence-electron chi connectivity index (χ1n) is 7.26. The number of hydrogen-bond acceptors (Lipinski definition) is 4. The van der Waals surface area contributed by atoms with Gasteiger partial charge in [-0.3, -0.25) is 4.72 Å². The number of anilines is 1. The van der Waals surface area contributed by atoms with Gasteiger partial charge >= 0.3 is 0 Å². The molecule has 1 atom stereocenters. The summed E-state index contributed by atoms with van der Waals surface area (Å²) in [5.74, 6) is 1.05. The third-order valence-corrected chi connectivity index (χ3v) is 4.49. The van der Waals surface area contributed by atoms with Crippen LogP contribution in [0.1, 0.15) is 5.82 Å². The zero-order valence-corrected chi connectivity index (χ0v) is 13.6. The molecule has 0 fully saturated rings. The predicted molar refractivity (Wildman–Crippen MR) is 84.5 cm³/mol. The second-order valence-electron chi connectivity index (χ2n) is 5.68. The summed E-state index contributed by atoms with van der Waals surface area (Å²) in [6.07, 6.45) is 1.15. The summed E-state index contributed by atoms with van der Waals surface area (Å²) in [7, 11) is -1.55. The number of methoxy groups -OCH3 is 1. The van der Waals surface area contributed by atoms with Gasteiger partial charge in [-0.2, -0.15) is 0 Å². The standard InChI is InChI=1S/C14H20N4O3S/c1-21-8-7-17-5-6-18-13-4-3-11(16-22(2,19)20)9-12(13)15-14(18)10-17/h3-4,9,16H,5-8,10H2,1-2H3/p+1. The highest BCUT2D eigenvalue weighted by molar-refractivity contribution is 7.92. The summed E-state index contributed by atoms with van der Waals surface area (Å²) in [4.78, 5) is 6.13. The molecule has 2 heterocycles. The van der Waals surface area contributed by atoms with E-state index in [1.807, 2.05) is 6.07 Å². The number of sulfonamides is 1. The molecular formula is C14H21N4O3S+. The molecule has 0 amide bonds. The summed E-state index contributed by atoms with van der Waals surface area (Å²) in [6, 6.07) is 5.50. The minimum Gasteiger partial charge on any atom is -0.379 e. The molecule has 8 heteroatoms. The van der Waals surface area contributed by atoms with Crippen LogP contribution in [0.4, 0.5) is 5.69 Å². The van der Waals surface area contributed by atoms with Crippen molar-refractivity contribution in [3.05, 3.63) is 24.0 Å². The normalized spacial score (nSPS) is 18.4. The van der Waals surface area contributed by atoms with Crippen molar-refractivity contribution in [2.24, 2.45) is 0 Å². The molecule has 3 rings (SSSR count). The number of nitrogens with zero attached hydrogens (tertiary/aromatic N) is 2. The Bertz CT molecular complexity index is 785. The highest BCUT2D eigenvalue weighted by atomic mass is 32.2. The van der Waals surface area contributed by atoms with Gasteiger partial charge in [0.25, 0.3) is 0 Å². The highest BCUT2D eigenvalue weighted by Gasteiger charge is 2.22. The number of hydrogen-bond donors (Lipinski definition) is 2. The molecule has 2 N–H and O–H groups in total. The number of rotatable bonds is 5. The number of quaternary nitrogens is 1. The molecule has 0 saturated carbocycles. The van der Waals surface area contributed by atoms with Gasteiger partial charge in [0.1, 0.15) is 13.1 Å². The second kappa shape index (κ2) is 5.86. The SMILES string of the molecule is COCC[NH+]1CCn2c(nc3cc(NS(C)(=O)=O)ccc32)C1. The minimum atomic E-state index is -3.27. The Labute approximate surface area is 129 Å². The Hall–Kier alpha value is -1.64. The van der Waals surface area contributed by atoms with E-state index in [2.05, 4.69) is 14.3 Å². The number of nitrogens with one attached hydrogen (secondary N) is 2. The van der Waals surface area contributed by atoms with Gasteiger partial charge < -0.3 is 14.2 Å². The molecule has 1 aliphatic heterocycles. The first kappa shape index (κ1) is 15.3. The van der Waals surface area contributed by atoms with Crippen molar-refractivity contribution in [1.29, 1.82) is 0 Å². The lowest BCUT2D eigenvalue weighted by molar-refractivity contribution is -0.918. The van der Waals surface area contributed by atoms with Gasteiger partial charge in [0.05, 0.1) is 42.7 Å².